The van der Waals surface area contributed by atoms with Crippen molar-refractivity contribution < 1.29 is 14.6 Å². The highest BCUT2D eigenvalue weighted by molar-refractivity contribution is 7.10. The minimum Gasteiger partial charge on any atom is -0.479 e. The van der Waals surface area contributed by atoms with E-state index in [2.05, 4.69) is 0 Å². The minimum atomic E-state index is -0.924. The van der Waals surface area contributed by atoms with Crippen LogP contribution in [0.5, 0.6) is 0 Å². The maximum absolute atomic E-state index is 10.8. The Bertz CT molecular complexity index is 293. The van der Waals surface area contributed by atoms with Crippen LogP contribution in [0.1, 0.15) is 23.5 Å². The highest BCUT2D eigenvalue weighted by atomic mass is 32.1. The third-order valence-electron chi connectivity index (χ3n) is 1.70. The molecule has 0 radical (unpaired) electrons. The summed E-state index contributed by atoms with van der Waals surface area (Å²) in [5.41, 5.74) is 0.978. The van der Waals surface area contributed by atoms with E-state index in [1.807, 2.05) is 18.4 Å². The molecule has 4 heteroatoms. The molecule has 0 bridgehead atoms. The maximum atomic E-state index is 10.8. The van der Waals surface area contributed by atoms with Crippen LogP contribution >= 0.6 is 11.3 Å². The number of hydrogen-bond donors (Lipinski definition) is 1. The molecule has 13 heavy (non-hydrogen) atoms. The Labute approximate surface area is 81.0 Å². The van der Waals surface area contributed by atoms with E-state index >= 15 is 0 Å². The zero-order chi connectivity index (χ0) is 9.84. The highest BCUT2D eigenvalue weighted by Crippen LogP contribution is 2.26. The number of rotatable bonds is 4. The number of carboxylic acids is 1. The molecule has 0 saturated heterocycles. The van der Waals surface area contributed by atoms with Crippen molar-refractivity contribution in [3.8, 4) is 0 Å². The summed E-state index contributed by atoms with van der Waals surface area (Å²) in [7, 11) is 0. The van der Waals surface area contributed by atoms with Crippen molar-refractivity contribution in [1.82, 2.24) is 0 Å². The van der Waals surface area contributed by atoms with Crippen molar-refractivity contribution in [2.75, 3.05) is 6.61 Å². The van der Waals surface area contributed by atoms with Gasteiger partial charge in [-0.3, -0.25) is 0 Å². The summed E-state index contributed by atoms with van der Waals surface area (Å²) in [5.74, 6) is -0.924. The molecule has 1 aromatic heterocycles. The average molecular weight is 200 g/mol. The Morgan fingerprint density at radius 1 is 1.77 bits per heavy atom. The van der Waals surface area contributed by atoms with Crippen molar-refractivity contribution in [3.63, 3.8) is 0 Å². The van der Waals surface area contributed by atoms with Gasteiger partial charge >= 0.3 is 5.97 Å². The maximum Gasteiger partial charge on any atom is 0.338 e. The van der Waals surface area contributed by atoms with Crippen LogP contribution in [-0.2, 0) is 9.53 Å². The van der Waals surface area contributed by atoms with Gasteiger partial charge < -0.3 is 9.84 Å². The van der Waals surface area contributed by atoms with E-state index in [-0.39, 0.29) is 0 Å². The number of carbonyl (C=O) groups is 1. The molecule has 0 fully saturated rings. The highest BCUT2D eigenvalue weighted by Gasteiger charge is 2.22. The molecular weight excluding hydrogens is 188 g/mol. The fourth-order valence-corrected chi connectivity index (χ4v) is 2.04. The summed E-state index contributed by atoms with van der Waals surface area (Å²) in [5, 5.41) is 10.8. The van der Waals surface area contributed by atoms with Gasteiger partial charge in [-0.15, -0.1) is 11.3 Å². The van der Waals surface area contributed by atoms with Crippen LogP contribution in [0.2, 0.25) is 0 Å². The molecule has 0 saturated carbocycles. The molecular formula is C9H12O3S. The van der Waals surface area contributed by atoms with E-state index in [9.17, 15) is 4.79 Å². The molecule has 0 aliphatic carbocycles. The number of hydrogen-bond acceptors (Lipinski definition) is 3. The summed E-state index contributed by atoms with van der Waals surface area (Å²) < 4.78 is 5.14. The van der Waals surface area contributed by atoms with E-state index in [1.54, 1.807) is 6.92 Å². The van der Waals surface area contributed by atoms with Crippen LogP contribution in [0.25, 0.3) is 0 Å². The van der Waals surface area contributed by atoms with Gasteiger partial charge in [0, 0.05) is 11.5 Å². The van der Waals surface area contributed by atoms with Crippen LogP contribution < -0.4 is 0 Å². The Morgan fingerprint density at radius 3 is 2.85 bits per heavy atom. The van der Waals surface area contributed by atoms with E-state index < -0.39 is 12.1 Å². The number of aliphatic carboxylic acids is 1. The van der Waals surface area contributed by atoms with Gasteiger partial charge in [-0.1, -0.05) is 0 Å². The second-order valence-corrected chi connectivity index (χ2v) is 3.59. The molecule has 1 unspecified atom stereocenters. The number of carboxylic acid groups (broad SMARTS) is 1. The Balaban J connectivity index is 2.88. The average Bonchev–Trinajstić information content (AvgIpc) is 2.47. The largest absolute Gasteiger partial charge is 0.479 e. The van der Waals surface area contributed by atoms with Gasteiger partial charge in [-0.25, -0.2) is 4.79 Å². The number of aryl methyl sites for hydroxylation is 1. The zero-order valence-electron chi connectivity index (χ0n) is 7.61. The summed E-state index contributed by atoms with van der Waals surface area (Å²) in [6.07, 6.45) is -0.801. The van der Waals surface area contributed by atoms with E-state index in [0.717, 1.165) is 10.4 Å². The molecule has 0 aliphatic heterocycles. The molecule has 1 rings (SSSR count). The SMILES string of the molecule is CCOC(C(=O)O)c1sccc1C. The van der Waals surface area contributed by atoms with E-state index in [1.165, 1.54) is 11.3 Å². The first-order valence-corrected chi connectivity index (χ1v) is 4.93. The first kappa shape index (κ1) is 10.2. The third-order valence-corrected chi connectivity index (χ3v) is 2.76. The molecule has 0 amide bonds. The Kier molecular flexibility index (Phi) is 3.45. The Hall–Kier alpha value is -0.870. The van der Waals surface area contributed by atoms with Gasteiger partial charge in [0.1, 0.15) is 0 Å². The van der Waals surface area contributed by atoms with Crippen LogP contribution in [0, 0.1) is 6.92 Å². The van der Waals surface area contributed by atoms with Crippen molar-refractivity contribution >= 4 is 17.3 Å². The lowest BCUT2D eigenvalue weighted by Crippen LogP contribution is -2.14. The molecule has 0 aliphatic rings. The normalized spacial score (nSPS) is 12.8. The van der Waals surface area contributed by atoms with Crippen molar-refractivity contribution in [1.29, 1.82) is 0 Å². The standard InChI is InChI=1S/C9H12O3S/c1-3-12-7(9(10)11)8-6(2)4-5-13-8/h4-5,7H,3H2,1-2H3,(H,10,11). The van der Waals surface area contributed by atoms with Crippen molar-refractivity contribution in [2.24, 2.45) is 0 Å². The quantitative estimate of drug-likeness (QED) is 0.810. The van der Waals surface area contributed by atoms with Gasteiger partial charge in [0.05, 0.1) is 0 Å². The molecule has 0 aromatic carbocycles. The summed E-state index contributed by atoms with van der Waals surface area (Å²) in [4.78, 5) is 11.6. The van der Waals surface area contributed by atoms with Gasteiger partial charge in [0.2, 0.25) is 0 Å². The van der Waals surface area contributed by atoms with Crippen LogP contribution in [0.3, 0.4) is 0 Å². The molecule has 1 heterocycles. The summed E-state index contributed by atoms with van der Waals surface area (Å²) in [6.45, 7) is 4.09. The first-order valence-electron chi connectivity index (χ1n) is 4.05. The molecule has 1 N–H and O–H groups in total. The van der Waals surface area contributed by atoms with Gasteiger partial charge in [-0.2, -0.15) is 0 Å². The fourth-order valence-electron chi connectivity index (χ4n) is 1.08. The van der Waals surface area contributed by atoms with Gasteiger partial charge in [-0.05, 0) is 30.9 Å². The zero-order valence-corrected chi connectivity index (χ0v) is 8.43. The number of thiophene rings is 1. The first-order chi connectivity index (χ1) is 6.16. The smallest absolute Gasteiger partial charge is 0.338 e. The van der Waals surface area contributed by atoms with E-state index in [4.69, 9.17) is 9.84 Å². The predicted octanol–water partition coefficient (Wildman–Crippen LogP) is 2.22. The molecule has 0 spiro atoms. The lowest BCUT2D eigenvalue weighted by molar-refractivity contribution is -0.150. The molecule has 72 valence electrons. The van der Waals surface area contributed by atoms with Crippen molar-refractivity contribution in [2.45, 2.75) is 20.0 Å². The fraction of sp³-hybridized carbons (Fsp3) is 0.444. The van der Waals surface area contributed by atoms with Gasteiger partial charge in [0.25, 0.3) is 0 Å². The lowest BCUT2D eigenvalue weighted by Gasteiger charge is -2.11. The van der Waals surface area contributed by atoms with Crippen LogP contribution in [0.4, 0.5) is 0 Å². The predicted molar refractivity (Wildman–Crippen MR) is 51.1 cm³/mol. The Morgan fingerprint density at radius 2 is 2.46 bits per heavy atom. The van der Waals surface area contributed by atoms with Crippen LogP contribution in [0.15, 0.2) is 11.4 Å². The van der Waals surface area contributed by atoms with Crippen molar-refractivity contribution in [3.05, 3.63) is 21.9 Å². The van der Waals surface area contributed by atoms with E-state index in [0.29, 0.717) is 6.61 Å². The summed E-state index contributed by atoms with van der Waals surface area (Å²) >= 11 is 1.42. The molecule has 1 atom stereocenters. The molecule has 1 aromatic rings. The second-order valence-electron chi connectivity index (χ2n) is 2.64. The van der Waals surface area contributed by atoms with Crippen LogP contribution in [-0.4, -0.2) is 17.7 Å². The number of ether oxygens (including phenoxy) is 1. The van der Waals surface area contributed by atoms with Gasteiger partial charge in [0.15, 0.2) is 6.10 Å². The monoisotopic (exact) mass is 200 g/mol. The minimum absolute atomic E-state index is 0.411. The third kappa shape index (κ3) is 2.29. The summed E-state index contributed by atoms with van der Waals surface area (Å²) in [6, 6.07) is 1.90. The molecule has 3 nitrogen and oxygen atoms in total. The second kappa shape index (κ2) is 4.39. The topological polar surface area (TPSA) is 46.5 Å². The lowest BCUT2D eigenvalue weighted by atomic mass is 10.2.